The highest BCUT2D eigenvalue weighted by atomic mass is 19.4. The predicted octanol–water partition coefficient (Wildman–Crippen LogP) is 4.04. The van der Waals surface area contributed by atoms with Gasteiger partial charge in [-0.1, -0.05) is 6.08 Å². The topological polar surface area (TPSA) is 9.23 Å². The van der Waals surface area contributed by atoms with Gasteiger partial charge < -0.3 is 4.74 Å². The summed E-state index contributed by atoms with van der Waals surface area (Å²) in [5.41, 5.74) is -0.953. The van der Waals surface area contributed by atoms with Crippen LogP contribution in [-0.4, -0.2) is 12.3 Å². The molecule has 7 heteroatoms. The molecule has 0 spiro atoms. The SMILES string of the molecule is FC(F)(F)c1ccc2c(c1)C=CC(C(F)(F)F)O2. The lowest BCUT2D eigenvalue weighted by atomic mass is 10.1. The number of ether oxygens (including phenoxy) is 1. The Morgan fingerprint density at radius 3 is 2.22 bits per heavy atom. The molecule has 0 saturated heterocycles. The van der Waals surface area contributed by atoms with E-state index in [-0.39, 0.29) is 11.3 Å². The van der Waals surface area contributed by atoms with Gasteiger partial charge in [0.25, 0.3) is 0 Å². The molecule has 98 valence electrons. The lowest BCUT2D eigenvalue weighted by molar-refractivity contribution is -0.180. The van der Waals surface area contributed by atoms with Gasteiger partial charge in [0.15, 0.2) is 0 Å². The number of benzene rings is 1. The molecule has 0 saturated carbocycles. The van der Waals surface area contributed by atoms with Gasteiger partial charge in [0.2, 0.25) is 6.10 Å². The van der Waals surface area contributed by atoms with E-state index in [0.717, 1.165) is 18.2 Å². The Morgan fingerprint density at radius 2 is 1.67 bits per heavy atom. The van der Waals surface area contributed by atoms with E-state index in [1.165, 1.54) is 0 Å². The van der Waals surface area contributed by atoms with E-state index in [9.17, 15) is 26.3 Å². The van der Waals surface area contributed by atoms with Gasteiger partial charge in [-0.05, 0) is 24.3 Å². The van der Waals surface area contributed by atoms with Crippen LogP contribution < -0.4 is 4.74 Å². The summed E-state index contributed by atoms with van der Waals surface area (Å²) < 4.78 is 78.8. The number of hydrogen-bond donors (Lipinski definition) is 0. The standard InChI is InChI=1S/C11H6F6O/c12-10(13,14)7-2-3-8-6(5-7)1-4-9(18-8)11(15,16)17/h1-5,9H. The van der Waals surface area contributed by atoms with Gasteiger partial charge in [-0.3, -0.25) is 0 Å². The first-order chi connectivity index (χ1) is 8.18. The van der Waals surface area contributed by atoms with E-state index in [0.29, 0.717) is 12.1 Å². The molecule has 0 bridgehead atoms. The molecule has 0 fully saturated rings. The van der Waals surface area contributed by atoms with Crippen molar-refractivity contribution in [2.45, 2.75) is 18.5 Å². The van der Waals surface area contributed by atoms with Crippen LogP contribution in [0.5, 0.6) is 5.75 Å². The Hall–Kier alpha value is -1.66. The monoisotopic (exact) mass is 268 g/mol. The van der Waals surface area contributed by atoms with Crippen LogP contribution in [0.15, 0.2) is 24.3 Å². The maximum atomic E-state index is 12.4. The summed E-state index contributed by atoms with van der Waals surface area (Å²) in [6, 6.07) is 2.32. The summed E-state index contributed by atoms with van der Waals surface area (Å²) in [4.78, 5) is 0. The fourth-order valence-electron chi connectivity index (χ4n) is 1.51. The van der Waals surface area contributed by atoms with Gasteiger partial charge >= 0.3 is 12.4 Å². The minimum atomic E-state index is -4.59. The van der Waals surface area contributed by atoms with Crippen LogP contribution in [0.4, 0.5) is 26.3 Å². The van der Waals surface area contributed by atoms with Gasteiger partial charge in [-0.15, -0.1) is 0 Å². The molecule has 1 aromatic carbocycles. The van der Waals surface area contributed by atoms with E-state index >= 15 is 0 Å². The molecule has 0 N–H and O–H groups in total. The van der Waals surface area contributed by atoms with Gasteiger partial charge in [-0.2, -0.15) is 26.3 Å². The first-order valence-electron chi connectivity index (χ1n) is 4.81. The number of halogens is 6. The van der Waals surface area contributed by atoms with E-state index in [1.54, 1.807) is 0 Å². The van der Waals surface area contributed by atoms with Gasteiger partial charge in [0.05, 0.1) is 5.56 Å². The van der Waals surface area contributed by atoms with Crippen molar-refractivity contribution < 1.29 is 31.1 Å². The lowest BCUT2D eigenvalue weighted by Gasteiger charge is -2.23. The molecule has 1 aliphatic rings. The van der Waals surface area contributed by atoms with Crippen LogP contribution in [0.2, 0.25) is 0 Å². The van der Waals surface area contributed by atoms with Crippen molar-refractivity contribution in [1.29, 1.82) is 0 Å². The molecule has 0 amide bonds. The summed E-state index contributed by atoms with van der Waals surface area (Å²) >= 11 is 0. The lowest BCUT2D eigenvalue weighted by Crippen LogP contribution is -2.33. The zero-order valence-corrected chi connectivity index (χ0v) is 8.64. The van der Waals surface area contributed by atoms with E-state index in [4.69, 9.17) is 0 Å². The fourth-order valence-corrected chi connectivity index (χ4v) is 1.51. The second-order valence-corrected chi connectivity index (χ2v) is 3.69. The average molecular weight is 268 g/mol. The first-order valence-corrected chi connectivity index (χ1v) is 4.81. The average Bonchev–Trinajstić information content (AvgIpc) is 2.25. The predicted molar refractivity (Wildman–Crippen MR) is 50.9 cm³/mol. The van der Waals surface area contributed by atoms with Crippen LogP contribution in [0.1, 0.15) is 11.1 Å². The summed E-state index contributed by atoms with van der Waals surface area (Å²) in [7, 11) is 0. The quantitative estimate of drug-likeness (QED) is 0.645. The van der Waals surface area contributed by atoms with Crippen molar-refractivity contribution in [2.24, 2.45) is 0 Å². The highest BCUT2D eigenvalue weighted by Crippen LogP contribution is 2.37. The van der Waals surface area contributed by atoms with Crippen LogP contribution >= 0.6 is 0 Å². The molecule has 1 heterocycles. The van der Waals surface area contributed by atoms with Crippen LogP contribution in [-0.2, 0) is 6.18 Å². The number of alkyl halides is 6. The van der Waals surface area contributed by atoms with Gasteiger partial charge in [-0.25, -0.2) is 0 Å². The van der Waals surface area contributed by atoms with E-state index in [1.807, 2.05) is 0 Å². The largest absolute Gasteiger partial charge is 0.476 e. The molecular formula is C11H6F6O. The summed E-state index contributed by atoms with van der Waals surface area (Å²) in [6.45, 7) is 0. The van der Waals surface area contributed by atoms with Crippen molar-refractivity contribution in [1.82, 2.24) is 0 Å². The zero-order chi connectivity index (χ0) is 13.6. The van der Waals surface area contributed by atoms with Crippen LogP contribution in [0.3, 0.4) is 0 Å². The zero-order valence-electron chi connectivity index (χ0n) is 8.64. The highest BCUT2D eigenvalue weighted by molar-refractivity contribution is 5.61. The van der Waals surface area contributed by atoms with Gasteiger partial charge in [0, 0.05) is 5.56 Å². The molecule has 0 aromatic heterocycles. The Balaban J connectivity index is 2.33. The fraction of sp³-hybridized carbons (Fsp3) is 0.273. The van der Waals surface area contributed by atoms with Crippen molar-refractivity contribution >= 4 is 6.08 Å². The molecule has 0 aliphatic carbocycles. The second kappa shape index (κ2) is 3.93. The third kappa shape index (κ3) is 2.44. The molecular weight excluding hydrogens is 262 g/mol. The van der Waals surface area contributed by atoms with Crippen molar-refractivity contribution in [3.8, 4) is 5.75 Å². The Morgan fingerprint density at radius 1 is 1.00 bits per heavy atom. The number of hydrogen-bond acceptors (Lipinski definition) is 1. The maximum absolute atomic E-state index is 12.4. The van der Waals surface area contributed by atoms with Crippen molar-refractivity contribution in [3.05, 3.63) is 35.4 Å². The Bertz CT molecular complexity index is 485. The van der Waals surface area contributed by atoms with Crippen molar-refractivity contribution in [3.63, 3.8) is 0 Å². The van der Waals surface area contributed by atoms with E-state index < -0.39 is 24.0 Å². The van der Waals surface area contributed by atoms with Crippen LogP contribution in [0.25, 0.3) is 6.08 Å². The Kier molecular flexibility index (Phi) is 2.79. The molecule has 18 heavy (non-hydrogen) atoms. The summed E-state index contributed by atoms with van der Waals surface area (Å²) in [5, 5.41) is 0. The molecule has 1 unspecified atom stereocenters. The third-order valence-corrected chi connectivity index (χ3v) is 2.36. The van der Waals surface area contributed by atoms with Gasteiger partial charge in [0.1, 0.15) is 5.75 Å². The normalized spacial score (nSPS) is 19.3. The molecule has 1 aliphatic heterocycles. The van der Waals surface area contributed by atoms with Crippen LogP contribution in [0, 0.1) is 0 Å². The molecule has 1 aromatic rings. The third-order valence-electron chi connectivity index (χ3n) is 2.36. The van der Waals surface area contributed by atoms with E-state index in [2.05, 4.69) is 4.74 Å². The minimum absolute atomic E-state index is 0.0228. The first kappa shape index (κ1) is 12.8. The molecule has 1 nitrogen and oxygen atoms in total. The molecule has 1 atom stereocenters. The number of fused-ring (bicyclic) bond motifs is 1. The highest BCUT2D eigenvalue weighted by Gasteiger charge is 2.41. The summed E-state index contributed by atoms with van der Waals surface area (Å²) in [6.07, 6.45) is -9.59. The summed E-state index contributed by atoms with van der Waals surface area (Å²) in [5.74, 6) is -0.215. The van der Waals surface area contributed by atoms with Crippen molar-refractivity contribution in [2.75, 3.05) is 0 Å². The molecule has 2 rings (SSSR count). The second-order valence-electron chi connectivity index (χ2n) is 3.69. The Labute approximate surface area is 97.7 Å². The minimum Gasteiger partial charge on any atom is -0.476 e. The number of rotatable bonds is 0. The molecule has 0 radical (unpaired) electrons. The smallest absolute Gasteiger partial charge is 0.429 e. The maximum Gasteiger partial charge on any atom is 0.429 e.